The molecule has 0 fully saturated rings. The number of nitro benzene ring substituents is 1. The van der Waals surface area contributed by atoms with Crippen LogP contribution in [0.1, 0.15) is 31.4 Å². The van der Waals surface area contributed by atoms with Crippen molar-refractivity contribution in [2.24, 2.45) is 5.92 Å². The van der Waals surface area contributed by atoms with E-state index in [0.29, 0.717) is 25.3 Å². The number of ether oxygens (including phenoxy) is 1. The molecule has 2 rings (SSSR count). The standard InChI is InChI=1S/C25H35N5O4S/c1-16(2)14-21(24(31)28-23-17(3)8-7-9-18(23)4)27-25(35)26-20-11-10-19(15-22(20)30(32)33)34-13-12-29(5)6/h7-11,15-16,21H,12-14H2,1-6H3,(H,28,31)(H2,26,27,35). The first-order valence-corrected chi connectivity index (χ1v) is 11.9. The van der Waals surface area contributed by atoms with Crippen LogP contribution in [0.5, 0.6) is 5.75 Å². The van der Waals surface area contributed by atoms with Gasteiger partial charge in [0, 0.05) is 12.2 Å². The molecule has 2 aromatic rings. The number of thiocarbonyl (C=S) groups is 1. The molecule has 0 aliphatic heterocycles. The van der Waals surface area contributed by atoms with E-state index in [1.165, 1.54) is 6.07 Å². The first kappa shape index (κ1) is 28.0. The van der Waals surface area contributed by atoms with Gasteiger partial charge in [-0.25, -0.2) is 0 Å². The van der Waals surface area contributed by atoms with Crippen LogP contribution in [0.15, 0.2) is 36.4 Å². The van der Waals surface area contributed by atoms with Crippen molar-refractivity contribution in [2.75, 3.05) is 37.9 Å². The van der Waals surface area contributed by atoms with Gasteiger partial charge in [0.25, 0.3) is 5.69 Å². The lowest BCUT2D eigenvalue weighted by Gasteiger charge is -2.23. The second-order valence-electron chi connectivity index (χ2n) is 9.12. The third kappa shape index (κ3) is 8.80. The number of para-hydroxylation sites is 1. The summed E-state index contributed by atoms with van der Waals surface area (Å²) in [5, 5.41) is 20.7. The molecule has 0 radical (unpaired) electrons. The molecule has 0 aromatic heterocycles. The van der Waals surface area contributed by atoms with Gasteiger partial charge in [-0.2, -0.15) is 0 Å². The number of rotatable bonds is 11. The number of hydrogen-bond acceptors (Lipinski definition) is 6. The fourth-order valence-corrected chi connectivity index (χ4v) is 3.70. The van der Waals surface area contributed by atoms with Crippen molar-refractivity contribution in [2.45, 2.75) is 40.2 Å². The zero-order chi connectivity index (χ0) is 26.1. The average molecular weight is 502 g/mol. The van der Waals surface area contributed by atoms with Crippen LogP contribution in [0.4, 0.5) is 17.1 Å². The van der Waals surface area contributed by atoms with Gasteiger partial charge >= 0.3 is 0 Å². The zero-order valence-electron chi connectivity index (χ0n) is 21.2. The molecular weight excluding hydrogens is 466 g/mol. The maximum absolute atomic E-state index is 13.1. The first-order chi connectivity index (χ1) is 16.5. The van der Waals surface area contributed by atoms with Gasteiger partial charge < -0.3 is 25.6 Å². The fourth-order valence-electron chi connectivity index (χ4n) is 3.45. The highest BCUT2D eigenvalue weighted by atomic mass is 32.1. The summed E-state index contributed by atoms with van der Waals surface area (Å²) in [6, 6.07) is 9.74. The van der Waals surface area contributed by atoms with Crippen LogP contribution in [0, 0.1) is 29.9 Å². The number of amides is 1. The van der Waals surface area contributed by atoms with Crippen molar-refractivity contribution in [1.82, 2.24) is 10.2 Å². The number of carbonyl (C=O) groups is 1. The number of hydrogen-bond donors (Lipinski definition) is 3. The number of aryl methyl sites for hydroxylation is 2. The van der Waals surface area contributed by atoms with Crippen LogP contribution >= 0.6 is 12.2 Å². The first-order valence-electron chi connectivity index (χ1n) is 11.5. The molecule has 10 heteroatoms. The van der Waals surface area contributed by atoms with E-state index in [4.69, 9.17) is 17.0 Å². The maximum atomic E-state index is 13.1. The minimum absolute atomic E-state index is 0.122. The molecule has 1 unspecified atom stereocenters. The van der Waals surface area contributed by atoms with Gasteiger partial charge in [0.05, 0.1) is 11.0 Å². The SMILES string of the molecule is Cc1cccc(C)c1NC(=O)C(CC(C)C)NC(=S)Nc1ccc(OCCN(C)C)cc1[N+](=O)[O-]. The van der Waals surface area contributed by atoms with E-state index >= 15 is 0 Å². The monoisotopic (exact) mass is 501 g/mol. The summed E-state index contributed by atoms with van der Waals surface area (Å²) in [7, 11) is 3.84. The van der Waals surface area contributed by atoms with Crippen molar-refractivity contribution in [3.8, 4) is 5.75 Å². The van der Waals surface area contributed by atoms with Crippen LogP contribution in [0.25, 0.3) is 0 Å². The van der Waals surface area contributed by atoms with Gasteiger partial charge in [0.2, 0.25) is 5.91 Å². The molecule has 1 amide bonds. The van der Waals surface area contributed by atoms with Gasteiger partial charge in [-0.1, -0.05) is 32.0 Å². The van der Waals surface area contributed by atoms with Gasteiger partial charge in [-0.05, 0) is 75.8 Å². The predicted octanol–water partition coefficient (Wildman–Crippen LogP) is 4.49. The van der Waals surface area contributed by atoms with E-state index in [1.807, 2.05) is 64.9 Å². The lowest BCUT2D eigenvalue weighted by Crippen LogP contribution is -2.46. The van der Waals surface area contributed by atoms with Crippen molar-refractivity contribution >= 4 is 40.3 Å². The highest BCUT2D eigenvalue weighted by molar-refractivity contribution is 7.80. The Balaban J connectivity index is 2.14. The summed E-state index contributed by atoms with van der Waals surface area (Å²) in [6.45, 7) is 8.99. The van der Waals surface area contributed by atoms with Gasteiger partial charge in [-0.15, -0.1) is 0 Å². The number of likely N-dealkylation sites (N-methyl/N-ethyl adjacent to an activating group) is 1. The second kappa shape index (κ2) is 13.0. The molecule has 190 valence electrons. The molecule has 0 aliphatic rings. The lowest BCUT2D eigenvalue weighted by atomic mass is 10.0. The molecule has 0 bridgehead atoms. The third-order valence-corrected chi connectivity index (χ3v) is 5.50. The molecule has 0 spiro atoms. The Labute approximate surface area is 212 Å². The Kier molecular flexibility index (Phi) is 10.4. The number of nitrogens with one attached hydrogen (secondary N) is 3. The Morgan fingerprint density at radius 3 is 2.37 bits per heavy atom. The minimum atomic E-state index is -0.623. The summed E-state index contributed by atoms with van der Waals surface area (Å²) in [5.74, 6) is 0.389. The summed E-state index contributed by atoms with van der Waals surface area (Å²) >= 11 is 5.42. The van der Waals surface area contributed by atoms with Crippen LogP contribution in [-0.4, -0.2) is 54.1 Å². The Bertz CT molecular complexity index is 1040. The molecule has 0 aliphatic carbocycles. The van der Waals surface area contributed by atoms with Crippen molar-refractivity contribution < 1.29 is 14.5 Å². The van der Waals surface area contributed by atoms with Crippen LogP contribution in [0.3, 0.4) is 0 Å². The Hall–Kier alpha value is -3.24. The van der Waals surface area contributed by atoms with Crippen molar-refractivity contribution in [1.29, 1.82) is 0 Å². The minimum Gasteiger partial charge on any atom is -0.492 e. The van der Waals surface area contributed by atoms with Crippen LogP contribution in [0.2, 0.25) is 0 Å². The van der Waals surface area contributed by atoms with Gasteiger partial charge in [-0.3, -0.25) is 14.9 Å². The molecule has 0 heterocycles. The summed E-state index contributed by atoms with van der Waals surface area (Å²) in [4.78, 5) is 26.2. The number of anilines is 2. The third-order valence-electron chi connectivity index (χ3n) is 5.28. The van der Waals surface area contributed by atoms with E-state index in [9.17, 15) is 14.9 Å². The quantitative estimate of drug-likeness (QED) is 0.235. The Morgan fingerprint density at radius 1 is 1.14 bits per heavy atom. The van der Waals surface area contributed by atoms with E-state index in [0.717, 1.165) is 16.8 Å². The summed E-state index contributed by atoms with van der Waals surface area (Å²) < 4.78 is 5.61. The predicted molar refractivity (Wildman–Crippen MR) is 144 cm³/mol. The van der Waals surface area contributed by atoms with E-state index < -0.39 is 11.0 Å². The second-order valence-corrected chi connectivity index (χ2v) is 9.53. The topological polar surface area (TPSA) is 109 Å². The van der Waals surface area contributed by atoms with Crippen LogP contribution < -0.4 is 20.7 Å². The normalized spacial score (nSPS) is 11.8. The van der Waals surface area contributed by atoms with Crippen LogP contribution in [-0.2, 0) is 4.79 Å². The number of nitrogens with zero attached hydrogens (tertiary/aromatic N) is 2. The molecule has 35 heavy (non-hydrogen) atoms. The molecule has 2 aromatic carbocycles. The van der Waals surface area contributed by atoms with Crippen molar-refractivity contribution in [3.05, 3.63) is 57.6 Å². The largest absolute Gasteiger partial charge is 0.492 e. The summed E-state index contributed by atoms with van der Waals surface area (Å²) in [6.07, 6.45) is 0.527. The number of carbonyl (C=O) groups excluding carboxylic acids is 1. The molecule has 0 saturated heterocycles. The van der Waals surface area contributed by atoms with Gasteiger partial charge in [0.15, 0.2) is 5.11 Å². The van der Waals surface area contributed by atoms with Crippen molar-refractivity contribution in [3.63, 3.8) is 0 Å². The molecule has 3 N–H and O–H groups in total. The zero-order valence-corrected chi connectivity index (χ0v) is 22.0. The fraction of sp³-hybridized carbons (Fsp3) is 0.440. The Morgan fingerprint density at radius 2 is 1.80 bits per heavy atom. The van der Waals surface area contributed by atoms with E-state index in [2.05, 4.69) is 16.0 Å². The summed E-state index contributed by atoms with van der Waals surface area (Å²) in [5.41, 5.74) is 2.74. The number of benzene rings is 2. The highest BCUT2D eigenvalue weighted by Gasteiger charge is 2.23. The van der Waals surface area contributed by atoms with E-state index in [-0.39, 0.29) is 28.3 Å². The maximum Gasteiger partial charge on any atom is 0.296 e. The number of nitro groups is 1. The lowest BCUT2D eigenvalue weighted by molar-refractivity contribution is -0.384. The molecular formula is C25H35N5O4S. The molecule has 0 saturated carbocycles. The van der Waals surface area contributed by atoms with E-state index in [1.54, 1.807) is 12.1 Å². The smallest absolute Gasteiger partial charge is 0.296 e. The highest BCUT2D eigenvalue weighted by Crippen LogP contribution is 2.29. The molecule has 9 nitrogen and oxygen atoms in total. The van der Waals surface area contributed by atoms with Gasteiger partial charge in [0.1, 0.15) is 24.1 Å². The average Bonchev–Trinajstić information content (AvgIpc) is 2.76. The molecule has 1 atom stereocenters.